The number of hydrogen-bond donors (Lipinski definition) is 1. The zero-order chi connectivity index (χ0) is 18.8. The van der Waals surface area contributed by atoms with Gasteiger partial charge in [0.2, 0.25) is 0 Å². The average Bonchev–Trinajstić information content (AvgIpc) is 3.13. The van der Waals surface area contributed by atoms with E-state index in [9.17, 15) is 9.18 Å². The van der Waals surface area contributed by atoms with Crippen molar-refractivity contribution >= 4 is 17.4 Å². The van der Waals surface area contributed by atoms with Gasteiger partial charge < -0.3 is 15.1 Å². The molecule has 1 N–H and O–H groups in total. The number of fused-ring (bicyclic) bond motifs is 1. The number of rotatable bonds is 3. The second-order valence-corrected chi connectivity index (χ2v) is 6.58. The van der Waals surface area contributed by atoms with Gasteiger partial charge in [0.25, 0.3) is 0 Å². The van der Waals surface area contributed by atoms with Crippen molar-refractivity contribution < 1.29 is 9.18 Å². The van der Waals surface area contributed by atoms with Gasteiger partial charge in [-0.25, -0.2) is 9.18 Å². The van der Waals surface area contributed by atoms with Crippen LogP contribution in [0.3, 0.4) is 0 Å². The number of urea groups is 1. The summed E-state index contributed by atoms with van der Waals surface area (Å²) in [6, 6.07) is 12.0. The lowest BCUT2D eigenvalue weighted by molar-refractivity contribution is 0.190. The highest BCUT2D eigenvalue weighted by molar-refractivity contribution is 5.75. The standard InChI is InChI=1S/C19H21FN6O/c1-14(18-23-22-17-8-4-5-9-26(17)18)21-19(27)25-12-10-24(11-13-25)16-7-3-2-6-15(16)20/h2-9,14H,10-13H2,1H3,(H,21,27). The summed E-state index contributed by atoms with van der Waals surface area (Å²) in [5.41, 5.74) is 1.33. The zero-order valence-corrected chi connectivity index (χ0v) is 15.0. The molecule has 0 radical (unpaired) electrons. The highest BCUT2D eigenvalue weighted by Gasteiger charge is 2.24. The number of carbonyl (C=O) groups is 1. The molecular weight excluding hydrogens is 347 g/mol. The Kier molecular flexibility index (Phi) is 4.62. The van der Waals surface area contributed by atoms with Crippen molar-refractivity contribution in [2.75, 3.05) is 31.1 Å². The van der Waals surface area contributed by atoms with E-state index in [0.29, 0.717) is 37.7 Å². The lowest BCUT2D eigenvalue weighted by Gasteiger charge is -2.36. The van der Waals surface area contributed by atoms with Crippen molar-refractivity contribution in [2.45, 2.75) is 13.0 Å². The van der Waals surface area contributed by atoms with Crippen LogP contribution in [-0.4, -0.2) is 51.7 Å². The fraction of sp³-hybridized carbons (Fsp3) is 0.316. The van der Waals surface area contributed by atoms with Crippen LogP contribution in [0.2, 0.25) is 0 Å². The smallest absolute Gasteiger partial charge is 0.318 e. The van der Waals surface area contributed by atoms with E-state index >= 15 is 0 Å². The number of anilines is 1. The molecule has 2 aromatic heterocycles. The van der Waals surface area contributed by atoms with Crippen LogP contribution in [0, 0.1) is 5.82 Å². The summed E-state index contributed by atoms with van der Waals surface area (Å²) in [5, 5.41) is 11.3. The predicted octanol–water partition coefficient (Wildman–Crippen LogP) is 2.46. The topological polar surface area (TPSA) is 65.8 Å². The van der Waals surface area contributed by atoms with Gasteiger partial charge in [0.15, 0.2) is 11.5 Å². The van der Waals surface area contributed by atoms with Gasteiger partial charge in [-0.15, -0.1) is 10.2 Å². The van der Waals surface area contributed by atoms with Crippen molar-refractivity contribution in [3.05, 3.63) is 60.3 Å². The highest BCUT2D eigenvalue weighted by Crippen LogP contribution is 2.20. The summed E-state index contributed by atoms with van der Waals surface area (Å²) in [5.74, 6) is 0.451. The third kappa shape index (κ3) is 3.42. The van der Waals surface area contributed by atoms with E-state index in [1.807, 2.05) is 46.7 Å². The van der Waals surface area contributed by atoms with E-state index in [1.165, 1.54) is 6.07 Å². The van der Waals surface area contributed by atoms with Crippen molar-refractivity contribution in [1.29, 1.82) is 0 Å². The van der Waals surface area contributed by atoms with Crippen LogP contribution in [-0.2, 0) is 0 Å². The molecule has 0 saturated carbocycles. The molecule has 1 aromatic carbocycles. The van der Waals surface area contributed by atoms with E-state index in [2.05, 4.69) is 15.5 Å². The second-order valence-electron chi connectivity index (χ2n) is 6.58. The van der Waals surface area contributed by atoms with Crippen LogP contribution in [0.1, 0.15) is 18.8 Å². The molecule has 1 aliphatic rings. The number of nitrogens with zero attached hydrogens (tertiary/aromatic N) is 5. The summed E-state index contributed by atoms with van der Waals surface area (Å²) in [6.45, 7) is 4.14. The number of halogens is 1. The van der Waals surface area contributed by atoms with Crippen LogP contribution in [0.25, 0.3) is 5.65 Å². The summed E-state index contributed by atoms with van der Waals surface area (Å²) in [6.07, 6.45) is 1.88. The molecular formula is C19H21FN6O. The largest absolute Gasteiger partial charge is 0.366 e. The minimum Gasteiger partial charge on any atom is -0.366 e. The lowest BCUT2D eigenvalue weighted by Crippen LogP contribution is -2.52. The Morgan fingerprint density at radius 1 is 1.07 bits per heavy atom. The van der Waals surface area contributed by atoms with Crippen LogP contribution < -0.4 is 10.2 Å². The molecule has 3 heterocycles. The van der Waals surface area contributed by atoms with Crippen molar-refractivity contribution in [2.24, 2.45) is 0 Å². The zero-order valence-electron chi connectivity index (χ0n) is 15.0. The molecule has 8 heteroatoms. The summed E-state index contributed by atoms with van der Waals surface area (Å²) < 4.78 is 15.8. The molecule has 2 amide bonds. The maximum atomic E-state index is 13.9. The molecule has 1 atom stereocenters. The van der Waals surface area contributed by atoms with Crippen LogP contribution >= 0.6 is 0 Å². The van der Waals surface area contributed by atoms with Crippen molar-refractivity contribution in [1.82, 2.24) is 24.8 Å². The molecule has 3 aromatic rings. The number of aromatic nitrogens is 3. The van der Waals surface area contributed by atoms with E-state index in [-0.39, 0.29) is 17.9 Å². The number of amides is 2. The van der Waals surface area contributed by atoms with E-state index in [4.69, 9.17) is 0 Å². The third-order valence-corrected chi connectivity index (χ3v) is 4.83. The predicted molar refractivity (Wildman–Crippen MR) is 100 cm³/mol. The number of nitrogens with one attached hydrogen (secondary N) is 1. The first-order chi connectivity index (χ1) is 13.1. The Morgan fingerprint density at radius 2 is 1.81 bits per heavy atom. The number of pyridine rings is 1. The number of carbonyl (C=O) groups excluding carboxylic acids is 1. The molecule has 1 aliphatic heterocycles. The third-order valence-electron chi connectivity index (χ3n) is 4.83. The normalized spacial score (nSPS) is 15.8. The molecule has 1 saturated heterocycles. The van der Waals surface area contributed by atoms with Gasteiger partial charge in [-0.1, -0.05) is 18.2 Å². The minimum atomic E-state index is -0.278. The lowest BCUT2D eigenvalue weighted by atomic mass is 10.2. The molecule has 27 heavy (non-hydrogen) atoms. The van der Waals surface area contributed by atoms with Crippen molar-refractivity contribution in [3.8, 4) is 0 Å². The first kappa shape index (κ1) is 17.3. The molecule has 140 valence electrons. The molecule has 0 spiro atoms. The van der Waals surface area contributed by atoms with Crippen LogP contribution in [0.4, 0.5) is 14.9 Å². The Balaban J connectivity index is 1.37. The minimum absolute atomic E-state index is 0.150. The highest BCUT2D eigenvalue weighted by atomic mass is 19.1. The molecule has 1 fully saturated rings. The number of para-hydroxylation sites is 1. The fourth-order valence-electron chi connectivity index (χ4n) is 3.35. The average molecular weight is 368 g/mol. The van der Waals surface area contributed by atoms with E-state index < -0.39 is 0 Å². The maximum Gasteiger partial charge on any atom is 0.318 e. The van der Waals surface area contributed by atoms with E-state index in [0.717, 1.165) is 5.65 Å². The summed E-state index contributed by atoms with van der Waals surface area (Å²) in [4.78, 5) is 16.3. The first-order valence-electron chi connectivity index (χ1n) is 8.98. The number of benzene rings is 1. The monoisotopic (exact) mass is 368 g/mol. The van der Waals surface area contributed by atoms with Gasteiger partial charge in [0.1, 0.15) is 5.82 Å². The van der Waals surface area contributed by atoms with Gasteiger partial charge in [0.05, 0.1) is 11.7 Å². The van der Waals surface area contributed by atoms with E-state index in [1.54, 1.807) is 17.0 Å². The Bertz CT molecular complexity index is 950. The first-order valence-corrected chi connectivity index (χ1v) is 8.98. The Labute approximate surface area is 156 Å². The quantitative estimate of drug-likeness (QED) is 0.771. The van der Waals surface area contributed by atoms with Crippen molar-refractivity contribution in [3.63, 3.8) is 0 Å². The summed E-state index contributed by atoms with van der Waals surface area (Å²) in [7, 11) is 0. The molecule has 0 aliphatic carbocycles. The van der Waals surface area contributed by atoms with Gasteiger partial charge in [-0.05, 0) is 31.2 Å². The Morgan fingerprint density at radius 3 is 2.59 bits per heavy atom. The SMILES string of the molecule is CC(NC(=O)N1CCN(c2ccccc2F)CC1)c1nnc2ccccn12. The Hall–Kier alpha value is -3.16. The molecule has 7 nitrogen and oxygen atoms in total. The van der Waals surface area contributed by atoms with Gasteiger partial charge in [0, 0.05) is 32.4 Å². The van der Waals surface area contributed by atoms with Gasteiger partial charge in [-0.3, -0.25) is 4.40 Å². The number of hydrogen-bond acceptors (Lipinski definition) is 4. The molecule has 4 rings (SSSR count). The van der Waals surface area contributed by atoms with Crippen LogP contribution in [0.5, 0.6) is 0 Å². The second kappa shape index (κ2) is 7.22. The molecule has 1 unspecified atom stereocenters. The van der Waals surface area contributed by atoms with Gasteiger partial charge in [-0.2, -0.15) is 0 Å². The van der Waals surface area contributed by atoms with Crippen LogP contribution in [0.15, 0.2) is 48.7 Å². The number of piperazine rings is 1. The maximum absolute atomic E-state index is 13.9. The fourth-order valence-corrected chi connectivity index (χ4v) is 3.35. The summed E-state index contributed by atoms with van der Waals surface area (Å²) >= 11 is 0. The van der Waals surface area contributed by atoms with Gasteiger partial charge >= 0.3 is 6.03 Å². The molecule has 0 bridgehead atoms.